The molecule has 7 nitrogen and oxygen atoms in total. The van der Waals surface area contributed by atoms with Crippen LogP contribution in [0.25, 0.3) is 0 Å². The maximum absolute atomic E-state index is 8.62. The van der Waals surface area contributed by atoms with E-state index in [1.165, 1.54) is 0 Å². The molecule has 0 aliphatic heterocycles. The molecule has 0 radical (unpaired) electrons. The number of hydrogen-bond donors (Lipinski definition) is 3. The van der Waals surface area contributed by atoms with Gasteiger partial charge in [-0.25, -0.2) is 0 Å². The third-order valence-electron chi connectivity index (χ3n) is 2.66. The molecule has 0 amide bonds. The molecule has 0 saturated heterocycles. The average Bonchev–Trinajstić information content (AvgIpc) is 2.49. The molecule has 0 bridgehead atoms. The van der Waals surface area contributed by atoms with Crippen LogP contribution in [0, 0.1) is 6.92 Å². The number of nitrogens with two attached hydrogens (primary N) is 1. The lowest BCUT2D eigenvalue weighted by molar-refractivity contribution is 0.318. The van der Waals surface area contributed by atoms with Gasteiger partial charge in [0.2, 0.25) is 0 Å². The Hall–Kier alpha value is -2.54. The third-order valence-corrected chi connectivity index (χ3v) is 2.66. The SMILES string of the molecule is Cc1cnc(CNCc2ccnc(C(N)=NO)c2)cn1. The molecule has 20 heavy (non-hydrogen) atoms. The highest BCUT2D eigenvalue weighted by Crippen LogP contribution is 2.02. The summed E-state index contributed by atoms with van der Waals surface area (Å²) >= 11 is 0. The van der Waals surface area contributed by atoms with E-state index in [1.807, 2.05) is 13.0 Å². The number of amidine groups is 1. The van der Waals surface area contributed by atoms with Gasteiger partial charge in [0.25, 0.3) is 0 Å². The van der Waals surface area contributed by atoms with Crippen molar-refractivity contribution in [2.45, 2.75) is 20.0 Å². The Balaban J connectivity index is 1.92. The summed E-state index contributed by atoms with van der Waals surface area (Å²) < 4.78 is 0. The van der Waals surface area contributed by atoms with E-state index in [1.54, 1.807) is 24.7 Å². The lowest BCUT2D eigenvalue weighted by Gasteiger charge is -2.06. The van der Waals surface area contributed by atoms with Crippen molar-refractivity contribution in [1.82, 2.24) is 20.3 Å². The summed E-state index contributed by atoms with van der Waals surface area (Å²) in [4.78, 5) is 12.5. The maximum atomic E-state index is 8.62. The Morgan fingerprint density at radius 3 is 2.85 bits per heavy atom. The molecule has 0 atom stereocenters. The van der Waals surface area contributed by atoms with Crippen LogP contribution in [0.3, 0.4) is 0 Å². The predicted octanol–water partition coefficient (Wildman–Crippen LogP) is 0.564. The zero-order valence-electron chi connectivity index (χ0n) is 11.1. The van der Waals surface area contributed by atoms with Crippen LogP contribution >= 0.6 is 0 Å². The Bertz CT molecular complexity index is 596. The van der Waals surface area contributed by atoms with Crippen LogP contribution in [-0.2, 0) is 13.1 Å². The molecule has 7 heteroatoms. The van der Waals surface area contributed by atoms with E-state index in [4.69, 9.17) is 10.9 Å². The van der Waals surface area contributed by atoms with Gasteiger partial charge in [-0.1, -0.05) is 5.16 Å². The second kappa shape index (κ2) is 6.58. The zero-order valence-corrected chi connectivity index (χ0v) is 11.1. The molecule has 2 heterocycles. The van der Waals surface area contributed by atoms with Crippen molar-refractivity contribution in [2.75, 3.05) is 0 Å². The summed E-state index contributed by atoms with van der Waals surface area (Å²) in [5.74, 6) is -0.00347. The van der Waals surface area contributed by atoms with Gasteiger partial charge >= 0.3 is 0 Å². The van der Waals surface area contributed by atoms with Crippen LogP contribution in [0.5, 0.6) is 0 Å². The highest BCUT2D eigenvalue weighted by molar-refractivity contribution is 5.95. The first kappa shape index (κ1) is 13.9. The van der Waals surface area contributed by atoms with Gasteiger partial charge in [-0.3, -0.25) is 15.0 Å². The van der Waals surface area contributed by atoms with E-state index in [9.17, 15) is 0 Å². The van der Waals surface area contributed by atoms with E-state index < -0.39 is 0 Å². The second-order valence-electron chi connectivity index (χ2n) is 4.29. The molecule has 0 aliphatic rings. The summed E-state index contributed by atoms with van der Waals surface area (Å²) in [6.45, 7) is 3.15. The van der Waals surface area contributed by atoms with E-state index in [0.717, 1.165) is 17.0 Å². The number of nitrogens with one attached hydrogen (secondary N) is 1. The quantitative estimate of drug-likeness (QED) is 0.317. The highest BCUT2D eigenvalue weighted by atomic mass is 16.4. The van der Waals surface area contributed by atoms with Gasteiger partial charge in [0, 0.05) is 31.7 Å². The number of oxime groups is 1. The number of aromatic nitrogens is 3. The van der Waals surface area contributed by atoms with Crippen molar-refractivity contribution in [3.8, 4) is 0 Å². The number of pyridine rings is 1. The first-order valence-electron chi connectivity index (χ1n) is 6.10. The normalized spacial score (nSPS) is 11.6. The predicted molar refractivity (Wildman–Crippen MR) is 74.1 cm³/mol. The van der Waals surface area contributed by atoms with E-state index in [0.29, 0.717) is 18.8 Å². The number of hydrogen-bond acceptors (Lipinski definition) is 6. The van der Waals surface area contributed by atoms with Crippen LogP contribution in [0.1, 0.15) is 22.6 Å². The van der Waals surface area contributed by atoms with Crippen molar-refractivity contribution in [3.63, 3.8) is 0 Å². The van der Waals surface area contributed by atoms with Crippen LogP contribution in [0.4, 0.5) is 0 Å². The first-order chi connectivity index (χ1) is 9.69. The third kappa shape index (κ3) is 3.72. The van der Waals surface area contributed by atoms with Crippen LogP contribution in [-0.4, -0.2) is 26.0 Å². The molecule has 104 valence electrons. The average molecular weight is 272 g/mol. The number of nitrogens with zero attached hydrogens (tertiary/aromatic N) is 4. The van der Waals surface area contributed by atoms with Gasteiger partial charge in [-0.2, -0.15) is 0 Å². The smallest absolute Gasteiger partial charge is 0.188 e. The van der Waals surface area contributed by atoms with Gasteiger partial charge in [0.1, 0.15) is 5.69 Å². The zero-order chi connectivity index (χ0) is 14.4. The van der Waals surface area contributed by atoms with Crippen LogP contribution in [0.2, 0.25) is 0 Å². The van der Waals surface area contributed by atoms with Gasteiger partial charge < -0.3 is 16.3 Å². The van der Waals surface area contributed by atoms with Crippen molar-refractivity contribution < 1.29 is 5.21 Å². The molecular formula is C13H16N6O. The molecule has 4 N–H and O–H groups in total. The lowest BCUT2D eigenvalue weighted by Crippen LogP contribution is -2.17. The molecule has 2 aromatic heterocycles. The molecule has 0 aliphatic carbocycles. The van der Waals surface area contributed by atoms with E-state index >= 15 is 0 Å². The minimum absolute atomic E-state index is 0.00347. The topological polar surface area (TPSA) is 109 Å². The summed E-state index contributed by atoms with van der Waals surface area (Å²) in [6.07, 6.45) is 5.10. The summed E-state index contributed by atoms with van der Waals surface area (Å²) in [7, 11) is 0. The van der Waals surface area contributed by atoms with Gasteiger partial charge in [0.05, 0.1) is 11.4 Å². The van der Waals surface area contributed by atoms with Gasteiger partial charge in [-0.15, -0.1) is 0 Å². The fourth-order valence-electron chi connectivity index (χ4n) is 1.62. The van der Waals surface area contributed by atoms with E-state index in [2.05, 4.69) is 25.4 Å². The Labute approximate surface area is 116 Å². The van der Waals surface area contributed by atoms with Crippen molar-refractivity contribution >= 4 is 5.84 Å². The van der Waals surface area contributed by atoms with Gasteiger partial charge in [0.15, 0.2) is 5.84 Å². The van der Waals surface area contributed by atoms with Crippen molar-refractivity contribution in [2.24, 2.45) is 10.9 Å². The molecule has 0 aromatic carbocycles. The minimum Gasteiger partial charge on any atom is -0.409 e. The lowest BCUT2D eigenvalue weighted by atomic mass is 10.2. The summed E-state index contributed by atoms with van der Waals surface area (Å²) in [5, 5.41) is 14.8. The fraction of sp³-hybridized carbons (Fsp3) is 0.231. The summed E-state index contributed by atoms with van der Waals surface area (Å²) in [6, 6.07) is 3.63. The molecule has 2 aromatic rings. The standard InChI is InChI=1S/C13H16N6O/c1-9-5-18-11(8-17-9)7-15-6-10-2-3-16-12(4-10)13(14)19-20/h2-5,8,15,20H,6-7H2,1H3,(H2,14,19). The number of aryl methyl sites for hydroxylation is 1. The van der Waals surface area contributed by atoms with Crippen molar-refractivity contribution in [3.05, 3.63) is 53.4 Å². The van der Waals surface area contributed by atoms with Crippen molar-refractivity contribution in [1.29, 1.82) is 0 Å². The number of rotatable bonds is 5. The monoisotopic (exact) mass is 272 g/mol. The summed E-state index contributed by atoms with van der Waals surface area (Å²) in [5.41, 5.74) is 8.70. The molecular weight excluding hydrogens is 256 g/mol. The van der Waals surface area contributed by atoms with Crippen LogP contribution in [0.15, 0.2) is 35.9 Å². The highest BCUT2D eigenvalue weighted by Gasteiger charge is 2.02. The Kier molecular flexibility index (Phi) is 4.56. The second-order valence-corrected chi connectivity index (χ2v) is 4.29. The molecule has 0 spiro atoms. The fourth-order valence-corrected chi connectivity index (χ4v) is 1.62. The molecule has 0 fully saturated rings. The van der Waals surface area contributed by atoms with Crippen LogP contribution < -0.4 is 11.1 Å². The maximum Gasteiger partial charge on any atom is 0.188 e. The molecule has 2 rings (SSSR count). The first-order valence-corrected chi connectivity index (χ1v) is 6.10. The Morgan fingerprint density at radius 2 is 2.15 bits per heavy atom. The molecule has 0 unspecified atom stereocenters. The molecule has 0 saturated carbocycles. The van der Waals surface area contributed by atoms with E-state index in [-0.39, 0.29) is 5.84 Å². The minimum atomic E-state index is -0.00347. The van der Waals surface area contributed by atoms with Gasteiger partial charge in [-0.05, 0) is 24.6 Å². The Morgan fingerprint density at radius 1 is 1.30 bits per heavy atom. The largest absolute Gasteiger partial charge is 0.409 e.